The number of anilines is 1. The minimum atomic E-state index is -4.01. The lowest BCUT2D eigenvalue weighted by molar-refractivity contribution is 0.256. The van der Waals surface area contributed by atoms with E-state index in [1.54, 1.807) is 0 Å². The predicted molar refractivity (Wildman–Crippen MR) is 65.4 cm³/mol. The molecule has 0 saturated carbocycles. The van der Waals surface area contributed by atoms with Gasteiger partial charge in [0.1, 0.15) is 0 Å². The second kappa shape index (κ2) is 4.50. The van der Waals surface area contributed by atoms with Gasteiger partial charge >= 0.3 is 6.03 Å². The molecule has 0 saturated heterocycles. The highest BCUT2D eigenvalue weighted by atomic mass is 32.2. The van der Waals surface area contributed by atoms with E-state index in [-0.39, 0.29) is 27.8 Å². The van der Waals surface area contributed by atoms with Crippen molar-refractivity contribution in [2.45, 2.75) is 4.90 Å². The molecule has 1 aliphatic rings. The van der Waals surface area contributed by atoms with E-state index < -0.39 is 16.1 Å². The molecule has 0 radical (unpaired) electrons. The Labute approximate surface area is 109 Å². The van der Waals surface area contributed by atoms with E-state index in [1.165, 1.54) is 27.4 Å². The third kappa shape index (κ3) is 2.01. The van der Waals surface area contributed by atoms with Crippen LogP contribution in [0.1, 0.15) is 0 Å². The second-order valence-corrected chi connectivity index (χ2v) is 5.20. The summed E-state index contributed by atoms with van der Waals surface area (Å²) in [6, 6.07) is 0.509. The minimum Gasteiger partial charge on any atom is -0.493 e. The molecule has 1 aliphatic heterocycles. The third-order valence-corrected chi connectivity index (χ3v) is 3.93. The zero-order valence-electron chi connectivity index (χ0n) is 10.4. The van der Waals surface area contributed by atoms with Crippen molar-refractivity contribution >= 4 is 21.7 Å². The highest BCUT2D eigenvalue weighted by Crippen LogP contribution is 2.47. The van der Waals surface area contributed by atoms with Crippen LogP contribution >= 0.6 is 0 Å². The Morgan fingerprint density at radius 1 is 1.05 bits per heavy atom. The number of carbonyl (C=O) groups is 1. The molecule has 0 bridgehead atoms. The highest BCUT2D eigenvalue weighted by Gasteiger charge is 2.35. The van der Waals surface area contributed by atoms with Crippen molar-refractivity contribution in [2.24, 2.45) is 0 Å². The Kier molecular flexibility index (Phi) is 3.14. The number of carbonyl (C=O) groups excluding carboxylic acids is 1. The van der Waals surface area contributed by atoms with E-state index in [9.17, 15) is 13.2 Å². The molecule has 0 unspecified atom stereocenters. The first-order valence-electron chi connectivity index (χ1n) is 5.11. The fourth-order valence-electron chi connectivity index (χ4n) is 1.81. The fourth-order valence-corrected chi connectivity index (χ4v) is 3.03. The average molecular weight is 288 g/mol. The van der Waals surface area contributed by atoms with E-state index in [0.29, 0.717) is 0 Å². The Hall–Kier alpha value is -2.16. The number of urea groups is 1. The molecule has 2 amide bonds. The average Bonchev–Trinajstić information content (AvgIpc) is 2.34. The zero-order chi connectivity index (χ0) is 14.2. The summed E-state index contributed by atoms with van der Waals surface area (Å²) in [5.74, 6) is 0.338. The number of hydrogen-bond acceptors (Lipinski definition) is 6. The summed E-state index contributed by atoms with van der Waals surface area (Å²) in [5.41, 5.74) is 0.0678. The Morgan fingerprint density at radius 3 is 2.21 bits per heavy atom. The van der Waals surface area contributed by atoms with E-state index in [4.69, 9.17) is 14.2 Å². The molecule has 2 rings (SSSR count). The van der Waals surface area contributed by atoms with Gasteiger partial charge in [0.15, 0.2) is 16.4 Å². The molecular formula is C10H12N2O6S. The van der Waals surface area contributed by atoms with Gasteiger partial charge in [0, 0.05) is 6.07 Å². The van der Waals surface area contributed by atoms with Crippen molar-refractivity contribution in [3.8, 4) is 17.2 Å². The van der Waals surface area contributed by atoms with Crippen molar-refractivity contribution in [1.82, 2.24) is 4.72 Å². The maximum atomic E-state index is 12.0. The lowest BCUT2D eigenvalue weighted by atomic mass is 10.2. The smallest absolute Gasteiger partial charge is 0.333 e. The molecule has 0 spiro atoms. The molecule has 0 atom stereocenters. The minimum absolute atomic E-state index is 0.0376. The number of sulfonamides is 1. The molecule has 1 aromatic rings. The molecule has 8 nitrogen and oxygen atoms in total. The molecule has 0 fully saturated rings. The van der Waals surface area contributed by atoms with Crippen molar-refractivity contribution in [1.29, 1.82) is 0 Å². The predicted octanol–water partition coefficient (Wildman–Crippen LogP) is 0.536. The first-order valence-corrected chi connectivity index (χ1v) is 6.59. The lowest BCUT2D eigenvalue weighted by Gasteiger charge is -2.23. The van der Waals surface area contributed by atoms with Crippen molar-refractivity contribution in [3.05, 3.63) is 6.07 Å². The summed E-state index contributed by atoms with van der Waals surface area (Å²) >= 11 is 0. The van der Waals surface area contributed by atoms with Crippen molar-refractivity contribution in [2.75, 3.05) is 26.6 Å². The van der Waals surface area contributed by atoms with Crippen molar-refractivity contribution in [3.63, 3.8) is 0 Å². The fraction of sp³-hybridized carbons (Fsp3) is 0.300. The molecular weight excluding hydrogens is 276 g/mol. The van der Waals surface area contributed by atoms with Gasteiger partial charge in [0.05, 0.1) is 27.0 Å². The van der Waals surface area contributed by atoms with Gasteiger partial charge in [0.25, 0.3) is 10.0 Å². The molecule has 1 heterocycles. The molecule has 19 heavy (non-hydrogen) atoms. The van der Waals surface area contributed by atoms with Crippen LogP contribution in [0.5, 0.6) is 17.2 Å². The van der Waals surface area contributed by atoms with Crippen LogP contribution < -0.4 is 24.2 Å². The van der Waals surface area contributed by atoms with E-state index in [2.05, 4.69) is 5.32 Å². The van der Waals surface area contributed by atoms with Gasteiger partial charge in [-0.05, 0) is 0 Å². The van der Waals surface area contributed by atoms with Crippen LogP contribution in [0.4, 0.5) is 10.5 Å². The number of rotatable bonds is 3. The number of hydrogen-bond donors (Lipinski definition) is 2. The monoisotopic (exact) mass is 288 g/mol. The Balaban J connectivity index is 2.84. The number of ether oxygens (including phenoxy) is 3. The summed E-state index contributed by atoms with van der Waals surface area (Å²) in [6.07, 6.45) is 0. The van der Waals surface area contributed by atoms with Gasteiger partial charge in [-0.3, -0.25) is 0 Å². The number of benzene rings is 1. The van der Waals surface area contributed by atoms with Gasteiger partial charge in [-0.15, -0.1) is 0 Å². The summed E-state index contributed by atoms with van der Waals surface area (Å²) in [5, 5.41) is 2.37. The number of amides is 2. The number of nitrogens with one attached hydrogen (secondary N) is 2. The first-order chi connectivity index (χ1) is 8.94. The molecule has 9 heteroatoms. The van der Waals surface area contributed by atoms with Crippen LogP contribution in [-0.2, 0) is 10.0 Å². The lowest BCUT2D eigenvalue weighted by Crippen LogP contribution is -2.39. The summed E-state index contributed by atoms with van der Waals surface area (Å²) in [4.78, 5) is 11.1. The normalized spacial score (nSPS) is 15.8. The van der Waals surface area contributed by atoms with E-state index >= 15 is 0 Å². The van der Waals surface area contributed by atoms with Crippen LogP contribution in [0.25, 0.3) is 0 Å². The first kappa shape index (κ1) is 13.3. The third-order valence-electron chi connectivity index (χ3n) is 2.53. The van der Waals surface area contributed by atoms with Gasteiger partial charge in [-0.25, -0.2) is 17.9 Å². The molecule has 104 valence electrons. The topological polar surface area (TPSA) is 103 Å². The van der Waals surface area contributed by atoms with Crippen LogP contribution in [0, 0.1) is 0 Å². The SMILES string of the molecule is COc1cc2c(c(OC)c1OC)S(=O)(=O)NC(=O)N2. The zero-order valence-corrected chi connectivity index (χ0v) is 11.3. The summed E-state index contributed by atoms with van der Waals surface area (Å²) in [6.45, 7) is 0. The van der Waals surface area contributed by atoms with Gasteiger partial charge in [0.2, 0.25) is 5.75 Å². The number of fused-ring (bicyclic) bond motifs is 1. The van der Waals surface area contributed by atoms with Gasteiger partial charge in [-0.1, -0.05) is 0 Å². The van der Waals surface area contributed by atoms with Crippen LogP contribution in [0.3, 0.4) is 0 Å². The second-order valence-electron chi connectivity index (χ2n) is 3.58. The van der Waals surface area contributed by atoms with Crippen LogP contribution in [0.15, 0.2) is 11.0 Å². The molecule has 1 aromatic carbocycles. The number of methoxy groups -OCH3 is 3. The highest BCUT2D eigenvalue weighted by molar-refractivity contribution is 7.90. The standard InChI is InChI=1S/C10H12N2O6S/c1-16-6-4-5-9(8(18-3)7(6)17-2)19(14,15)12-10(13)11-5/h4H,1-3H3,(H2,11,12,13). The summed E-state index contributed by atoms with van der Waals surface area (Å²) in [7, 11) is 0.0263. The Bertz CT molecular complexity index is 640. The molecule has 0 aromatic heterocycles. The van der Waals surface area contributed by atoms with Gasteiger partial charge < -0.3 is 19.5 Å². The van der Waals surface area contributed by atoms with Crippen LogP contribution in [0.2, 0.25) is 0 Å². The van der Waals surface area contributed by atoms with E-state index in [0.717, 1.165) is 0 Å². The maximum absolute atomic E-state index is 12.0. The van der Waals surface area contributed by atoms with Crippen LogP contribution in [-0.4, -0.2) is 35.8 Å². The van der Waals surface area contributed by atoms with Crippen molar-refractivity contribution < 1.29 is 27.4 Å². The quantitative estimate of drug-likeness (QED) is 0.841. The Morgan fingerprint density at radius 2 is 1.68 bits per heavy atom. The van der Waals surface area contributed by atoms with E-state index in [1.807, 2.05) is 4.72 Å². The van der Waals surface area contributed by atoms with Gasteiger partial charge in [-0.2, -0.15) is 0 Å². The molecule has 0 aliphatic carbocycles. The summed E-state index contributed by atoms with van der Waals surface area (Å²) < 4.78 is 41.0. The largest absolute Gasteiger partial charge is 0.493 e. The molecule has 2 N–H and O–H groups in total. The maximum Gasteiger partial charge on any atom is 0.333 e.